The zero-order chi connectivity index (χ0) is 13.0. The number of likely N-dealkylation sites (tertiary alicyclic amines) is 1. The number of hydrogen-bond acceptors (Lipinski definition) is 3. The van der Waals surface area contributed by atoms with Gasteiger partial charge in [-0.15, -0.1) is 11.3 Å². The van der Waals surface area contributed by atoms with Gasteiger partial charge in [0.1, 0.15) is 0 Å². The van der Waals surface area contributed by atoms with E-state index < -0.39 is 5.97 Å². The van der Waals surface area contributed by atoms with Crippen LogP contribution >= 0.6 is 11.3 Å². The number of carboxylic acids is 1. The average Bonchev–Trinajstić information content (AvgIpc) is 2.73. The van der Waals surface area contributed by atoms with E-state index in [4.69, 9.17) is 5.11 Å². The lowest BCUT2D eigenvalue weighted by Crippen LogP contribution is -2.39. The van der Waals surface area contributed by atoms with Crippen LogP contribution in [0.15, 0.2) is 12.1 Å². The summed E-state index contributed by atoms with van der Waals surface area (Å²) < 4.78 is 0. The molecule has 1 saturated heterocycles. The molecule has 1 atom stereocenters. The first-order chi connectivity index (χ1) is 8.65. The molecule has 1 fully saturated rings. The third-order valence-corrected chi connectivity index (χ3v) is 4.58. The summed E-state index contributed by atoms with van der Waals surface area (Å²) in [5, 5.41) is 8.81. The number of carbonyl (C=O) groups is 1. The molecule has 0 saturated carbocycles. The predicted molar refractivity (Wildman–Crippen MR) is 74.0 cm³/mol. The van der Waals surface area contributed by atoms with Crippen LogP contribution in [-0.2, 0) is 11.3 Å². The van der Waals surface area contributed by atoms with E-state index >= 15 is 0 Å². The molecule has 2 rings (SSSR count). The molecule has 0 aliphatic carbocycles. The van der Waals surface area contributed by atoms with E-state index in [1.807, 2.05) is 11.3 Å². The lowest BCUT2D eigenvalue weighted by Gasteiger charge is -2.35. The van der Waals surface area contributed by atoms with E-state index in [1.54, 1.807) is 0 Å². The fourth-order valence-corrected chi connectivity index (χ4v) is 3.57. The minimum Gasteiger partial charge on any atom is -0.481 e. The van der Waals surface area contributed by atoms with Gasteiger partial charge in [-0.2, -0.15) is 0 Å². The monoisotopic (exact) mass is 267 g/mol. The second kappa shape index (κ2) is 6.34. The van der Waals surface area contributed by atoms with E-state index in [-0.39, 0.29) is 0 Å². The summed E-state index contributed by atoms with van der Waals surface area (Å²) in [7, 11) is 0. The van der Waals surface area contributed by atoms with Gasteiger partial charge in [-0.05, 0) is 44.9 Å². The molecule has 1 aromatic heterocycles. The molecular weight excluding hydrogens is 246 g/mol. The van der Waals surface area contributed by atoms with Crippen LogP contribution in [0.5, 0.6) is 0 Å². The number of nitrogens with zero attached hydrogens (tertiary/aromatic N) is 1. The van der Waals surface area contributed by atoms with E-state index in [9.17, 15) is 4.79 Å². The van der Waals surface area contributed by atoms with Crippen LogP contribution in [0.3, 0.4) is 0 Å². The van der Waals surface area contributed by atoms with Gasteiger partial charge in [0.15, 0.2) is 0 Å². The maximum absolute atomic E-state index is 10.7. The highest BCUT2D eigenvalue weighted by atomic mass is 32.1. The highest BCUT2D eigenvalue weighted by Crippen LogP contribution is 2.25. The lowest BCUT2D eigenvalue weighted by molar-refractivity contribution is -0.137. The zero-order valence-corrected chi connectivity index (χ0v) is 11.7. The largest absolute Gasteiger partial charge is 0.481 e. The van der Waals surface area contributed by atoms with Gasteiger partial charge in [0.05, 0.1) is 0 Å². The number of piperidine rings is 1. The van der Waals surface area contributed by atoms with Crippen LogP contribution in [0.25, 0.3) is 0 Å². The van der Waals surface area contributed by atoms with E-state index in [0.29, 0.717) is 12.5 Å². The van der Waals surface area contributed by atoms with Crippen molar-refractivity contribution in [1.82, 2.24) is 4.90 Å². The van der Waals surface area contributed by atoms with Gasteiger partial charge in [-0.1, -0.05) is 6.42 Å². The van der Waals surface area contributed by atoms with Crippen molar-refractivity contribution < 1.29 is 9.90 Å². The Balaban J connectivity index is 1.92. The Morgan fingerprint density at radius 3 is 3.00 bits per heavy atom. The number of hydrogen-bond donors (Lipinski definition) is 1. The fourth-order valence-electron chi connectivity index (χ4n) is 2.66. The number of thiophene rings is 1. The smallest absolute Gasteiger partial charge is 0.303 e. The van der Waals surface area contributed by atoms with Crippen molar-refractivity contribution in [3.8, 4) is 0 Å². The van der Waals surface area contributed by atoms with E-state index in [2.05, 4.69) is 24.0 Å². The van der Waals surface area contributed by atoms with Crippen LogP contribution in [0.4, 0.5) is 0 Å². The first-order valence-corrected chi connectivity index (χ1v) is 7.48. The highest BCUT2D eigenvalue weighted by Gasteiger charge is 2.23. The van der Waals surface area contributed by atoms with Crippen molar-refractivity contribution in [2.75, 3.05) is 6.54 Å². The molecule has 0 radical (unpaired) electrons. The summed E-state index contributed by atoms with van der Waals surface area (Å²) in [6.07, 6.45) is 4.72. The third kappa shape index (κ3) is 3.82. The minimum atomic E-state index is -0.674. The Morgan fingerprint density at radius 2 is 2.33 bits per heavy atom. The Hall–Kier alpha value is -0.870. The zero-order valence-electron chi connectivity index (χ0n) is 10.9. The lowest BCUT2D eigenvalue weighted by atomic mass is 9.98. The molecule has 18 heavy (non-hydrogen) atoms. The topological polar surface area (TPSA) is 40.5 Å². The number of carboxylic acid groups (broad SMARTS) is 1. The average molecular weight is 267 g/mol. The second-order valence-electron chi connectivity index (χ2n) is 5.06. The summed E-state index contributed by atoms with van der Waals surface area (Å²) >= 11 is 1.85. The van der Waals surface area contributed by atoms with Gasteiger partial charge < -0.3 is 5.11 Å². The summed E-state index contributed by atoms with van der Waals surface area (Å²) in [5.74, 6) is -0.674. The van der Waals surface area contributed by atoms with Crippen molar-refractivity contribution >= 4 is 17.3 Å². The van der Waals surface area contributed by atoms with Crippen molar-refractivity contribution in [3.05, 3.63) is 21.9 Å². The maximum Gasteiger partial charge on any atom is 0.303 e. The van der Waals surface area contributed by atoms with Crippen LogP contribution in [0, 0.1) is 6.92 Å². The molecule has 0 bridgehead atoms. The number of aryl methyl sites for hydroxylation is 1. The molecule has 3 nitrogen and oxygen atoms in total. The Kier molecular flexibility index (Phi) is 4.78. The van der Waals surface area contributed by atoms with Crippen LogP contribution in [0.1, 0.15) is 41.9 Å². The third-order valence-electron chi connectivity index (χ3n) is 3.60. The summed E-state index contributed by atoms with van der Waals surface area (Å²) in [5.41, 5.74) is 0. The molecule has 0 spiro atoms. The molecule has 100 valence electrons. The van der Waals surface area contributed by atoms with Gasteiger partial charge in [-0.25, -0.2) is 0 Å². The normalized spacial score (nSPS) is 21.1. The molecular formula is C14H21NO2S. The van der Waals surface area contributed by atoms with Gasteiger partial charge in [0, 0.05) is 28.8 Å². The Morgan fingerprint density at radius 1 is 1.50 bits per heavy atom. The van der Waals surface area contributed by atoms with Crippen molar-refractivity contribution in [2.45, 2.75) is 51.6 Å². The second-order valence-corrected chi connectivity index (χ2v) is 6.44. The summed E-state index contributed by atoms with van der Waals surface area (Å²) in [6.45, 7) is 4.23. The van der Waals surface area contributed by atoms with Crippen LogP contribution in [0.2, 0.25) is 0 Å². The molecule has 0 aromatic carbocycles. The van der Waals surface area contributed by atoms with Crippen molar-refractivity contribution in [3.63, 3.8) is 0 Å². The maximum atomic E-state index is 10.7. The molecule has 2 heterocycles. The molecule has 1 N–H and O–H groups in total. The van der Waals surface area contributed by atoms with Gasteiger partial charge >= 0.3 is 5.97 Å². The van der Waals surface area contributed by atoms with Crippen LogP contribution < -0.4 is 0 Å². The molecule has 1 aromatic rings. The molecule has 1 unspecified atom stereocenters. The molecule has 1 aliphatic heterocycles. The van der Waals surface area contributed by atoms with E-state index in [0.717, 1.165) is 25.9 Å². The molecule has 4 heteroatoms. The first-order valence-electron chi connectivity index (χ1n) is 6.66. The van der Waals surface area contributed by atoms with Crippen molar-refractivity contribution in [1.29, 1.82) is 0 Å². The Labute approximate surface area is 112 Å². The van der Waals surface area contributed by atoms with Gasteiger partial charge in [0.25, 0.3) is 0 Å². The quantitative estimate of drug-likeness (QED) is 0.890. The van der Waals surface area contributed by atoms with Gasteiger partial charge in [0.2, 0.25) is 0 Å². The Bertz CT molecular complexity index is 402. The SMILES string of the molecule is Cc1ccc(CN2CCCCC2CCC(=O)O)s1. The summed E-state index contributed by atoms with van der Waals surface area (Å²) in [6, 6.07) is 4.82. The van der Waals surface area contributed by atoms with Crippen LogP contribution in [-0.4, -0.2) is 28.6 Å². The van der Waals surface area contributed by atoms with Gasteiger partial charge in [-0.3, -0.25) is 9.69 Å². The summed E-state index contributed by atoms with van der Waals surface area (Å²) in [4.78, 5) is 15.9. The minimum absolute atomic E-state index is 0.296. The first kappa shape index (κ1) is 13.6. The van der Waals surface area contributed by atoms with E-state index in [1.165, 1.54) is 22.6 Å². The van der Waals surface area contributed by atoms with Crippen molar-refractivity contribution in [2.24, 2.45) is 0 Å². The number of aliphatic carboxylic acids is 1. The highest BCUT2D eigenvalue weighted by molar-refractivity contribution is 7.11. The standard InChI is InChI=1S/C14H21NO2S/c1-11-5-7-13(18-11)10-15-9-3-2-4-12(15)6-8-14(16)17/h5,7,12H,2-4,6,8-10H2,1H3,(H,16,17). The predicted octanol–water partition coefficient (Wildman–Crippen LogP) is 3.28. The molecule has 1 aliphatic rings. The molecule has 0 amide bonds. The fraction of sp³-hybridized carbons (Fsp3) is 0.643. The number of rotatable bonds is 5.